The number of rotatable bonds is 3. The summed E-state index contributed by atoms with van der Waals surface area (Å²) in [7, 11) is 0. The number of fused-ring (bicyclic) bond motifs is 16. The summed E-state index contributed by atoms with van der Waals surface area (Å²) in [4.78, 5) is 8.40. The molecule has 4 nitrogen and oxygen atoms in total. The monoisotopic (exact) mass is 784 g/mol. The van der Waals surface area contributed by atoms with Crippen molar-refractivity contribution in [3.63, 3.8) is 0 Å². The summed E-state index contributed by atoms with van der Waals surface area (Å²) in [6.07, 6.45) is 0. The Morgan fingerprint density at radius 3 is 1.66 bits per heavy atom. The zero-order valence-electron chi connectivity index (χ0n) is 35.3. The normalized spacial score (nSPS) is 13.1. The molecule has 0 aliphatic carbocycles. The molecule has 0 radical (unpaired) electrons. The maximum Gasteiger partial charge on any atom is 0.146 e. The molecule has 0 aliphatic rings. The van der Waals surface area contributed by atoms with E-state index in [0.717, 1.165) is 33.7 Å². The molecule has 0 saturated carbocycles. The Kier molecular flexibility index (Phi) is 6.69. The molecule has 5 heterocycles. The van der Waals surface area contributed by atoms with Gasteiger partial charge in [-0.25, -0.2) is 4.98 Å². The highest BCUT2D eigenvalue weighted by atomic mass is 15.2. The van der Waals surface area contributed by atoms with E-state index in [1.54, 1.807) is 0 Å². The van der Waals surface area contributed by atoms with Crippen molar-refractivity contribution in [2.45, 2.75) is 52.4 Å². The molecule has 0 spiro atoms. The lowest BCUT2D eigenvalue weighted by atomic mass is 9.85. The molecule has 13 aromatic rings. The highest BCUT2D eigenvalue weighted by Gasteiger charge is 2.30. The molecule has 5 aromatic heterocycles. The third-order valence-corrected chi connectivity index (χ3v) is 13.6. The smallest absolute Gasteiger partial charge is 0.146 e. The SMILES string of the molecule is CC(C)(C)c1ccc2c(c1)c1cc3ccccc3c3c4nc5c(cc4n2c13)c1cc(C(C)(C)C)cc2c3c4ccccc4cc(N(c4ccccc4)c4ccccc4)c3n5c12. The van der Waals surface area contributed by atoms with Crippen LogP contribution in [0.5, 0.6) is 0 Å². The molecule has 13 rings (SSSR count). The maximum absolute atomic E-state index is 5.96. The summed E-state index contributed by atoms with van der Waals surface area (Å²) in [6.45, 7) is 13.9. The Labute approximate surface area is 353 Å². The van der Waals surface area contributed by atoms with E-state index in [1.165, 1.54) is 92.4 Å². The third kappa shape index (κ3) is 4.62. The largest absolute Gasteiger partial charge is 0.308 e. The summed E-state index contributed by atoms with van der Waals surface area (Å²) in [5.41, 5.74) is 14.0. The van der Waals surface area contributed by atoms with Gasteiger partial charge in [0.2, 0.25) is 0 Å². The molecule has 8 aromatic carbocycles. The van der Waals surface area contributed by atoms with Gasteiger partial charge in [0.15, 0.2) is 0 Å². The molecule has 0 atom stereocenters. The second-order valence-electron chi connectivity index (χ2n) is 19.3. The van der Waals surface area contributed by atoms with Gasteiger partial charge in [-0.15, -0.1) is 0 Å². The van der Waals surface area contributed by atoms with Crippen LogP contribution in [0.1, 0.15) is 52.7 Å². The lowest BCUT2D eigenvalue weighted by Crippen LogP contribution is -2.11. The Hall–Kier alpha value is -7.17. The van der Waals surface area contributed by atoms with E-state index in [-0.39, 0.29) is 10.8 Å². The van der Waals surface area contributed by atoms with Crippen molar-refractivity contribution in [1.29, 1.82) is 0 Å². The quantitative estimate of drug-likeness (QED) is 0.178. The van der Waals surface area contributed by atoms with Crippen LogP contribution < -0.4 is 4.90 Å². The summed E-state index contributed by atoms with van der Waals surface area (Å²) >= 11 is 0. The molecule has 0 saturated heterocycles. The molecular weight excluding hydrogens is 741 g/mol. The van der Waals surface area contributed by atoms with Gasteiger partial charge in [0, 0.05) is 49.1 Å². The zero-order chi connectivity index (χ0) is 41.1. The minimum absolute atomic E-state index is 0.0349. The van der Waals surface area contributed by atoms with Crippen LogP contribution in [0.25, 0.3) is 98.0 Å². The van der Waals surface area contributed by atoms with Crippen LogP contribution >= 0.6 is 0 Å². The predicted octanol–water partition coefficient (Wildman–Crippen LogP) is 15.8. The fraction of sp³-hybridized carbons (Fsp3) is 0.140. The number of hydrogen-bond acceptors (Lipinski definition) is 2. The van der Waals surface area contributed by atoms with Gasteiger partial charge < -0.3 is 9.30 Å². The Balaban J connectivity index is 1.28. The number of para-hydroxylation sites is 2. The van der Waals surface area contributed by atoms with Gasteiger partial charge in [-0.05, 0) is 110 Å². The summed E-state index contributed by atoms with van der Waals surface area (Å²) < 4.78 is 5.04. The van der Waals surface area contributed by atoms with Crippen LogP contribution in [-0.2, 0) is 10.8 Å². The van der Waals surface area contributed by atoms with Gasteiger partial charge in [-0.2, -0.15) is 0 Å². The van der Waals surface area contributed by atoms with Crippen LogP contribution in [-0.4, -0.2) is 13.8 Å². The van der Waals surface area contributed by atoms with E-state index in [1.807, 2.05) is 0 Å². The molecule has 0 fully saturated rings. The minimum atomic E-state index is -0.0811. The minimum Gasteiger partial charge on any atom is -0.308 e. The van der Waals surface area contributed by atoms with E-state index in [0.29, 0.717) is 0 Å². The van der Waals surface area contributed by atoms with Crippen molar-refractivity contribution >= 4 is 115 Å². The number of hydrogen-bond donors (Lipinski definition) is 0. The predicted molar refractivity (Wildman–Crippen MR) is 261 cm³/mol. The van der Waals surface area contributed by atoms with Crippen molar-refractivity contribution in [2.24, 2.45) is 0 Å². The lowest BCUT2D eigenvalue weighted by molar-refractivity contribution is 0.591. The Morgan fingerprint density at radius 1 is 0.410 bits per heavy atom. The third-order valence-electron chi connectivity index (χ3n) is 13.6. The van der Waals surface area contributed by atoms with Crippen LogP contribution in [0.2, 0.25) is 0 Å². The average molecular weight is 785 g/mol. The first kappa shape index (κ1) is 34.7. The fourth-order valence-corrected chi connectivity index (χ4v) is 10.6. The molecule has 292 valence electrons. The molecule has 4 heteroatoms. The zero-order valence-corrected chi connectivity index (χ0v) is 35.3. The van der Waals surface area contributed by atoms with Crippen LogP contribution in [0.3, 0.4) is 0 Å². The van der Waals surface area contributed by atoms with Gasteiger partial charge in [0.05, 0.1) is 38.8 Å². The summed E-state index contributed by atoms with van der Waals surface area (Å²) in [5, 5.41) is 13.7. The second-order valence-corrected chi connectivity index (χ2v) is 19.3. The standard InChI is InChI=1S/C57H44N4/c1-56(2,3)35-25-26-46-41(29-35)42-27-33-17-13-16-24-40(33)50-51-47(60(46)53(42)50)32-44-43-30-36(57(4,5)6)31-45-49-39-23-15-14-18-34(39)28-48(54(49)61(52(43)45)55(44)58-51)59(37-19-9-7-10-20-37)38-21-11-8-12-22-38/h7-32H,1-6H3. The molecule has 0 unspecified atom stereocenters. The van der Waals surface area contributed by atoms with Crippen LogP contribution in [0.4, 0.5) is 17.1 Å². The van der Waals surface area contributed by atoms with Crippen molar-refractivity contribution in [1.82, 2.24) is 13.8 Å². The van der Waals surface area contributed by atoms with Crippen LogP contribution in [0.15, 0.2) is 158 Å². The second kappa shape index (κ2) is 11.8. The highest BCUT2D eigenvalue weighted by Crippen LogP contribution is 2.51. The highest BCUT2D eigenvalue weighted by molar-refractivity contribution is 6.34. The first-order chi connectivity index (χ1) is 29.5. The van der Waals surface area contributed by atoms with Gasteiger partial charge in [-0.1, -0.05) is 133 Å². The van der Waals surface area contributed by atoms with Gasteiger partial charge in [0.1, 0.15) is 5.65 Å². The van der Waals surface area contributed by atoms with Gasteiger partial charge in [-0.3, -0.25) is 4.40 Å². The first-order valence-electron chi connectivity index (χ1n) is 21.6. The lowest BCUT2D eigenvalue weighted by Gasteiger charge is -2.27. The fourth-order valence-electron chi connectivity index (χ4n) is 10.6. The van der Waals surface area contributed by atoms with E-state index in [9.17, 15) is 0 Å². The topological polar surface area (TPSA) is 24.9 Å². The van der Waals surface area contributed by atoms with Crippen molar-refractivity contribution in [2.75, 3.05) is 4.90 Å². The van der Waals surface area contributed by atoms with Gasteiger partial charge >= 0.3 is 0 Å². The number of pyridine rings is 1. The summed E-state index contributed by atoms with van der Waals surface area (Å²) in [6, 6.07) is 58.8. The van der Waals surface area contributed by atoms with Crippen molar-refractivity contribution in [3.8, 4) is 0 Å². The summed E-state index contributed by atoms with van der Waals surface area (Å²) in [5.74, 6) is 0. The maximum atomic E-state index is 5.96. The molecule has 0 bridgehead atoms. The number of aromatic nitrogens is 3. The van der Waals surface area contributed by atoms with Crippen molar-refractivity contribution < 1.29 is 0 Å². The first-order valence-corrected chi connectivity index (χ1v) is 21.6. The molecular formula is C57H44N4. The Bertz CT molecular complexity index is 3890. The van der Waals surface area contributed by atoms with E-state index >= 15 is 0 Å². The average Bonchev–Trinajstić information content (AvgIpc) is 3.98. The van der Waals surface area contributed by atoms with Gasteiger partial charge in [0.25, 0.3) is 0 Å². The number of nitrogens with zero attached hydrogens (tertiary/aromatic N) is 4. The van der Waals surface area contributed by atoms with Crippen molar-refractivity contribution in [3.05, 3.63) is 169 Å². The Morgan fingerprint density at radius 2 is 0.984 bits per heavy atom. The molecule has 0 aliphatic heterocycles. The van der Waals surface area contributed by atoms with E-state index in [4.69, 9.17) is 4.98 Å². The molecule has 0 N–H and O–H groups in total. The van der Waals surface area contributed by atoms with E-state index in [2.05, 4.69) is 213 Å². The molecule has 0 amide bonds. The van der Waals surface area contributed by atoms with E-state index < -0.39 is 0 Å². The molecule has 61 heavy (non-hydrogen) atoms. The number of anilines is 3. The van der Waals surface area contributed by atoms with Crippen LogP contribution in [0, 0.1) is 0 Å². The number of benzene rings is 8.